The number of rotatable bonds is 72. The van der Waals surface area contributed by atoms with Crippen molar-refractivity contribution in [3.8, 4) is 0 Å². The van der Waals surface area contributed by atoms with E-state index in [9.17, 15) is 19.0 Å². The minimum Gasteiger partial charge on any atom is -0.456 e. The van der Waals surface area contributed by atoms with Crippen molar-refractivity contribution in [2.24, 2.45) is 0 Å². The summed E-state index contributed by atoms with van der Waals surface area (Å²) in [6.45, 7) is 7.03. The van der Waals surface area contributed by atoms with Gasteiger partial charge >= 0.3 is 13.8 Å². The molecule has 0 bridgehead atoms. The van der Waals surface area contributed by atoms with Gasteiger partial charge < -0.3 is 19.4 Å². The van der Waals surface area contributed by atoms with Crippen LogP contribution < -0.4 is 5.32 Å². The second-order valence-corrected chi connectivity index (χ2v) is 29.3. The fourth-order valence-electron chi connectivity index (χ4n) is 11.6. The fraction of sp³-hybridized carbons (Fsp3) is 0.827. The van der Waals surface area contributed by atoms with E-state index in [1.165, 1.54) is 257 Å². The number of nitrogens with one attached hydrogen (secondary N) is 1. The number of hydrogen-bond donors (Lipinski definition) is 2. The first-order valence-electron chi connectivity index (χ1n) is 39.3. The third-order valence-corrected chi connectivity index (χ3v) is 18.6. The molecule has 0 heterocycles. The number of likely N-dealkylation sites (N-methyl/N-ethyl adjacent to an activating group) is 1. The SMILES string of the molecule is CCCCC/C=C\C/C=C\C/C=C\C/C=C\CCCCCCCCCCCC(=O)NC(COP(=O)(O)OCC[N+](C)(C)C)C(/C=C/CCCCCCCCCCCCC)OC(=O)CCCCCCCCCCCCCCCCCCC/C=C/CCCCCCCC. The molecule has 0 aliphatic heterocycles. The van der Waals surface area contributed by atoms with Gasteiger partial charge in [0.2, 0.25) is 5.91 Å². The van der Waals surface area contributed by atoms with Crippen LogP contribution in [-0.2, 0) is 27.9 Å². The van der Waals surface area contributed by atoms with Crippen LogP contribution in [0.3, 0.4) is 0 Å². The Labute approximate surface area is 565 Å². The van der Waals surface area contributed by atoms with E-state index in [-0.39, 0.29) is 25.1 Å². The van der Waals surface area contributed by atoms with Crippen molar-refractivity contribution in [1.29, 1.82) is 0 Å². The fourth-order valence-corrected chi connectivity index (χ4v) is 12.3. The molecule has 0 radical (unpaired) electrons. The summed E-state index contributed by atoms with van der Waals surface area (Å²) in [6.07, 6.45) is 93.6. The predicted octanol–water partition coefficient (Wildman–Crippen LogP) is 25.5. The van der Waals surface area contributed by atoms with E-state index in [4.69, 9.17) is 13.8 Å². The number of nitrogens with zero attached hydrogens (tertiary/aromatic N) is 1. The molecule has 0 aliphatic carbocycles. The Kier molecular flexibility index (Phi) is 68.3. The summed E-state index contributed by atoms with van der Waals surface area (Å²) in [5.74, 6) is -0.496. The first-order valence-corrected chi connectivity index (χ1v) is 40.8. The number of phosphoric ester groups is 1. The number of quaternary nitrogens is 1. The maximum absolute atomic E-state index is 13.7. The summed E-state index contributed by atoms with van der Waals surface area (Å²) in [5, 5.41) is 3.08. The minimum absolute atomic E-state index is 0.0385. The van der Waals surface area contributed by atoms with Gasteiger partial charge in [0.05, 0.1) is 33.8 Å². The lowest BCUT2D eigenvalue weighted by Crippen LogP contribution is -2.47. The van der Waals surface area contributed by atoms with Gasteiger partial charge in [0, 0.05) is 12.8 Å². The largest absolute Gasteiger partial charge is 0.472 e. The number of allylic oxidation sites excluding steroid dienone is 11. The highest BCUT2D eigenvalue weighted by Gasteiger charge is 2.30. The number of amides is 1. The lowest BCUT2D eigenvalue weighted by molar-refractivity contribution is -0.870. The van der Waals surface area contributed by atoms with Crippen LogP contribution in [0.2, 0.25) is 0 Å². The van der Waals surface area contributed by atoms with Crippen molar-refractivity contribution in [3.05, 3.63) is 72.9 Å². The van der Waals surface area contributed by atoms with E-state index in [1.54, 1.807) is 0 Å². The van der Waals surface area contributed by atoms with Gasteiger partial charge in [0.25, 0.3) is 0 Å². The molecule has 0 aromatic carbocycles. The zero-order valence-corrected chi connectivity index (χ0v) is 62.0. The molecule has 0 saturated carbocycles. The van der Waals surface area contributed by atoms with Crippen molar-refractivity contribution in [1.82, 2.24) is 5.32 Å². The van der Waals surface area contributed by atoms with E-state index in [0.717, 1.165) is 89.9 Å². The molecule has 0 aromatic heterocycles. The topological polar surface area (TPSA) is 111 Å². The maximum atomic E-state index is 13.7. The van der Waals surface area contributed by atoms with Gasteiger partial charge in [-0.2, -0.15) is 0 Å². The molecule has 3 unspecified atom stereocenters. The molecule has 3 atom stereocenters. The molecule has 10 heteroatoms. The summed E-state index contributed by atoms with van der Waals surface area (Å²) in [7, 11) is 1.50. The molecule has 532 valence electrons. The first kappa shape index (κ1) is 88.5. The van der Waals surface area contributed by atoms with Gasteiger partial charge in [0.15, 0.2) is 0 Å². The first-order chi connectivity index (χ1) is 44.4. The molecule has 91 heavy (non-hydrogen) atoms. The molecule has 0 aromatic rings. The van der Waals surface area contributed by atoms with E-state index < -0.39 is 20.0 Å². The third kappa shape index (κ3) is 71.6. The molecule has 9 nitrogen and oxygen atoms in total. The zero-order valence-electron chi connectivity index (χ0n) is 61.1. The molecule has 0 saturated heterocycles. The van der Waals surface area contributed by atoms with Gasteiger partial charge in [0.1, 0.15) is 19.3 Å². The van der Waals surface area contributed by atoms with Crippen LogP contribution in [0, 0.1) is 0 Å². The minimum atomic E-state index is -4.46. The quantitative estimate of drug-likeness (QED) is 0.0205. The monoisotopic (exact) mass is 1300 g/mol. The highest BCUT2D eigenvalue weighted by atomic mass is 31.2. The number of hydrogen-bond acceptors (Lipinski definition) is 6. The van der Waals surface area contributed by atoms with E-state index in [2.05, 4.69) is 92.9 Å². The number of carbonyl (C=O) groups excluding carboxylic acids is 2. The van der Waals surface area contributed by atoms with E-state index in [0.29, 0.717) is 23.9 Å². The Morgan fingerprint density at radius 3 is 1.03 bits per heavy atom. The third-order valence-electron chi connectivity index (χ3n) is 17.6. The van der Waals surface area contributed by atoms with Gasteiger partial charge in [-0.05, 0) is 102 Å². The van der Waals surface area contributed by atoms with Crippen LogP contribution in [0.25, 0.3) is 0 Å². The molecule has 1 amide bonds. The number of unbranched alkanes of at least 4 members (excludes halogenated alkanes) is 46. The van der Waals surface area contributed by atoms with Crippen molar-refractivity contribution < 1.29 is 37.3 Å². The van der Waals surface area contributed by atoms with Crippen LogP contribution in [0.15, 0.2) is 72.9 Å². The average Bonchev–Trinajstić information content (AvgIpc) is 3.73. The molecule has 0 aliphatic rings. The summed E-state index contributed by atoms with van der Waals surface area (Å²) in [4.78, 5) is 38.0. The van der Waals surface area contributed by atoms with Gasteiger partial charge in [-0.25, -0.2) is 4.57 Å². The Balaban J connectivity index is 4.99. The second kappa shape index (κ2) is 70.3. The van der Waals surface area contributed by atoms with Crippen LogP contribution in [0.4, 0.5) is 0 Å². The predicted molar refractivity (Wildman–Crippen MR) is 397 cm³/mol. The lowest BCUT2D eigenvalue weighted by atomic mass is 10.0. The summed E-state index contributed by atoms with van der Waals surface area (Å²) >= 11 is 0. The summed E-state index contributed by atoms with van der Waals surface area (Å²) in [6, 6.07) is -0.855. The molecular formula is C81H152N2O7P+. The smallest absolute Gasteiger partial charge is 0.456 e. The highest BCUT2D eigenvalue weighted by Crippen LogP contribution is 2.43. The Morgan fingerprint density at radius 2 is 0.670 bits per heavy atom. The van der Waals surface area contributed by atoms with E-state index >= 15 is 0 Å². The second-order valence-electron chi connectivity index (χ2n) is 27.9. The van der Waals surface area contributed by atoms with Crippen molar-refractivity contribution in [2.45, 2.75) is 392 Å². The summed E-state index contributed by atoms with van der Waals surface area (Å²) in [5.41, 5.74) is 0. The van der Waals surface area contributed by atoms with Crippen LogP contribution in [-0.4, -0.2) is 74.3 Å². The van der Waals surface area contributed by atoms with Crippen molar-refractivity contribution in [2.75, 3.05) is 40.9 Å². The number of esters is 1. The average molecular weight is 1300 g/mol. The van der Waals surface area contributed by atoms with Crippen LogP contribution in [0.1, 0.15) is 380 Å². The maximum Gasteiger partial charge on any atom is 0.472 e. The van der Waals surface area contributed by atoms with Crippen molar-refractivity contribution in [3.63, 3.8) is 0 Å². The van der Waals surface area contributed by atoms with Crippen molar-refractivity contribution >= 4 is 19.7 Å². The number of ether oxygens (including phenoxy) is 1. The molecule has 0 spiro atoms. The van der Waals surface area contributed by atoms with E-state index in [1.807, 2.05) is 27.2 Å². The number of carbonyl (C=O) groups is 2. The summed E-state index contributed by atoms with van der Waals surface area (Å²) < 4.78 is 30.9. The zero-order chi connectivity index (χ0) is 66.3. The Hall–Kier alpha value is -2.55. The van der Waals surface area contributed by atoms with Gasteiger partial charge in [-0.15, -0.1) is 0 Å². The molecule has 0 fully saturated rings. The van der Waals surface area contributed by atoms with Gasteiger partial charge in [-0.3, -0.25) is 18.6 Å². The standard InChI is InChI=1S/C81H151N2O7P/c1-7-10-13-16-19-22-25-28-30-32-34-36-38-40-41-43-45-47-49-51-53-56-59-62-65-68-71-74-81(85)90-79(72-69-66-63-60-57-54-27-24-21-18-15-12-9-3)78(77-89-91(86,87)88-76-75-83(4,5)6)82-80(84)73-70-67-64-61-58-55-52-50-48-46-44-42-39-37-35-33-31-29-26-23-20-17-14-11-8-2/h20,23,28-31,35,37,42,44,69,72,78-79H,7-19,21-22,24-27,32-34,36,38-41,43,45-68,70-71,73-77H2,1-6H3,(H-,82,84,86,87)/p+1/b23-20-,30-28+,31-29-,37-35-,44-42-,72-69+. The van der Waals surface area contributed by atoms with Crippen LogP contribution in [0.5, 0.6) is 0 Å². The van der Waals surface area contributed by atoms with Gasteiger partial charge in [-0.1, -0.05) is 338 Å². The Bertz CT molecular complexity index is 1780. The molecule has 2 N–H and O–H groups in total. The highest BCUT2D eigenvalue weighted by molar-refractivity contribution is 7.47. The van der Waals surface area contributed by atoms with Crippen LogP contribution >= 0.6 is 7.82 Å². The normalized spacial score (nSPS) is 13.8. The molecule has 0 rings (SSSR count). The number of phosphoric acid groups is 1. The lowest BCUT2D eigenvalue weighted by Gasteiger charge is -2.27. The molecular weight excluding hydrogens is 1140 g/mol. The Morgan fingerprint density at radius 1 is 0.385 bits per heavy atom.